The number of aromatic nitrogens is 3. The van der Waals surface area contributed by atoms with Crippen LogP contribution in [-0.4, -0.2) is 45.2 Å². The van der Waals surface area contributed by atoms with E-state index in [4.69, 9.17) is 0 Å². The summed E-state index contributed by atoms with van der Waals surface area (Å²) in [6, 6.07) is 16.2. The molecular weight excluding hydrogens is 374 g/mol. The van der Waals surface area contributed by atoms with Crippen LogP contribution in [0.1, 0.15) is 34.5 Å². The number of rotatable bonds is 4. The van der Waals surface area contributed by atoms with E-state index in [0.717, 1.165) is 25.2 Å². The largest absolute Gasteiger partial charge is 0.329 e. The highest BCUT2D eigenvalue weighted by Gasteiger charge is 2.28. The molecule has 1 atom stereocenters. The van der Waals surface area contributed by atoms with E-state index < -0.39 is 0 Å². The monoisotopic (exact) mass is 397 g/mol. The molecule has 1 amide bonds. The first-order chi connectivity index (χ1) is 13.3. The van der Waals surface area contributed by atoms with Gasteiger partial charge in [-0.1, -0.05) is 31.2 Å². The molecule has 1 N–H and O–H groups in total. The number of hydrogen-bond acceptors (Lipinski definition) is 4. The Morgan fingerprint density at radius 2 is 1.75 bits per heavy atom. The Morgan fingerprint density at radius 1 is 1.07 bits per heavy atom. The maximum Gasteiger partial charge on any atom is 0.254 e. The molecule has 0 aliphatic carbocycles. The van der Waals surface area contributed by atoms with Gasteiger partial charge in [-0.3, -0.25) is 9.36 Å². The van der Waals surface area contributed by atoms with Gasteiger partial charge in [-0.05, 0) is 41.8 Å². The predicted molar refractivity (Wildman–Crippen MR) is 111 cm³/mol. The molecule has 7 heteroatoms. The molecule has 4 rings (SSSR count). The summed E-state index contributed by atoms with van der Waals surface area (Å²) in [5.74, 6) is 0.0661. The molecule has 1 unspecified atom stereocenters. The van der Waals surface area contributed by atoms with Gasteiger partial charge >= 0.3 is 0 Å². The quantitative estimate of drug-likeness (QED) is 0.735. The third-order valence-corrected chi connectivity index (χ3v) is 5.11. The van der Waals surface area contributed by atoms with Crippen molar-refractivity contribution in [1.82, 2.24) is 25.0 Å². The van der Waals surface area contributed by atoms with Crippen molar-refractivity contribution >= 4 is 18.3 Å². The second kappa shape index (κ2) is 8.99. The zero-order chi connectivity index (χ0) is 18.6. The van der Waals surface area contributed by atoms with Crippen molar-refractivity contribution in [1.29, 1.82) is 0 Å². The SMILES string of the molecule is CCc1ccc(C2CNCCN2C(=O)c2ccc(-n3cnnc3)cc2)cc1.Cl. The first kappa shape index (κ1) is 20.0. The summed E-state index contributed by atoms with van der Waals surface area (Å²) in [6.45, 7) is 4.44. The molecule has 2 aromatic carbocycles. The van der Waals surface area contributed by atoms with Crippen LogP contribution in [0.15, 0.2) is 61.2 Å². The molecule has 0 spiro atoms. The number of nitrogens with zero attached hydrogens (tertiary/aromatic N) is 4. The van der Waals surface area contributed by atoms with Gasteiger partial charge in [0.15, 0.2) is 0 Å². The lowest BCUT2D eigenvalue weighted by Gasteiger charge is -2.36. The van der Waals surface area contributed by atoms with E-state index in [1.165, 1.54) is 11.1 Å². The maximum atomic E-state index is 13.2. The zero-order valence-corrected chi connectivity index (χ0v) is 16.6. The van der Waals surface area contributed by atoms with Crippen LogP contribution in [0.4, 0.5) is 0 Å². The molecule has 1 aliphatic heterocycles. The minimum Gasteiger partial charge on any atom is -0.329 e. The lowest BCUT2D eigenvalue weighted by Crippen LogP contribution is -2.48. The summed E-state index contributed by atoms with van der Waals surface area (Å²) in [4.78, 5) is 15.1. The van der Waals surface area contributed by atoms with Crippen LogP contribution in [0, 0.1) is 0 Å². The average Bonchev–Trinajstić information content (AvgIpc) is 3.28. The van der Waals surface area contributed by atoms with Gasteiger partial charge in [0.1, 0.15) is 12.7 Å². The highest BCUT2D eigenvalue weighted by Crippen LogP contribution is 2.25. The van der Waals surface area contributed by atoms with Gasteiger partial charge in [-0.25, -0.2) is 0 Å². The van der Waals surface area contributed by atoms with E-state index in [2.05, 4.69) is 46.7 Å². The van der Waals surface area contributed by atoms with Crippen molar-refractivity contribution in [2.45, 2.75) is 19.4 Å². The number of carbonyl (C=O) groups excluding carboxylic acids is 1. The van der Waals surface area contributed by atoms with Crippen molar-refractivity contribution < 1.29 is 4.79 Å². The van der Waals surface area contributed by atoms with E-state index in [1.54, 1.807) is 12.7 Å². The van der Waals surface area contributed by atoms with Crippen LogP contribution in [0.3, 0.4) is 0 Å². The molecule has 1 fully saturated rings. The van der Waals surface area contributed by atoms with Crippen LogP contribution >= 0.6 is 12.4 Å². The molecule has 6 nitrogen and oxygen atoms in total. The van der Waals surface area contributed by atoms with Crippen molar-refractivity contribution in [3.63, 3.8) is 0 Å². The highest BCUT2D eigenvalue weighted by molar-refractivity contribution is 5.94. The first-order valence-corrected chi connectivity index (χ1v) is 9.32. The standard InChI is InChI=1S/C21H23N5O.ClH/c1-2-16-3-5-17(6-4-16)20-13-22-11-12-26(20)21(27)18-7-9-19(10-8-18)25-14-23-24-15-25;/h3-10,14-15,20,22H,2,11-13H2,1H3;1H. The molecule has 3 aromatic rings. The highest BCUT2D eigenvalue weighted by atomic mass is 35.5. The Labute approximate surface area is 171 Å². The maximum absolute atomic E-state index is 13.2. The van der Waals surface area contributed by atoms with Gasteiger partial charge in [0.2, 0.25) is 0 Å². The fraction of sp³-hybridized carbons (Fsp3) is 0.286. The molecule has 1 aromatic heterocycles. The summed E-state index contributed by atoms with van der Waals surface area (Å²) in [5, 5.41) is 11.0. The fourth-order valence-electron chi connectivity index (χ4n) is 3.50. The minimum atomic E-state index is 0. The number of hydrogen-bond donors (Lipinski definition) is 1. The van der Waals surface area contributed by atoms with Gasteiger partial charge in [0.05, 0.1) is 6.04 Å². The number of benzene rings is 2. The normalized spacial score (nSPS) is 16.5. The Morgan fingerprint density at radius 3 is 2.39 bits per heavy atom. The first-order valence-electron chi connectivity index (χ1n) is 9.32. The number of amides is 1. The summed E-state index contributed by atoms with van der Waals surface area (Å²) in [7, 11) is 0. The Hall–Kier alpha value is -2.70. The Bertz CT molecular complexity index is 894. The smallest absolute Gasteiger partial charge is 0.254 e. The van der Waals surface area contributed by atoms with Crippen LogP contribution in [0.2, 0.25) is 0 Å². The van der Waals surface area contributed by atoms with E-state index in [-0.39, 0.29) is 24.4 Å². The third kappa shape index (κ3) is 4.08. The molecular formula is C21H24ClN5O. The summed E-state index contributed by atoms with van der Waals surface area (Å²) < 4.78 is 1.82. The van der Waals surface area contributed by atoms with Gasteiger partial charge in [0, 0.05) is 30.9 Å². The van der Waals surface area contributed by atoms with Gasteiger partial charge in [0.25, 0.3) is 5.91 Å². The van der Waals surface area contributed by atoms with Crippen LogP contribution in [0.5, 0.6) is 0 Å². The summed E-state index contributed by atoms with van der Waals surface area (Å²) in [5.41, 5.74) is 4.12. The van der Waals surface area contributed by atoms with Crippen LogP contribution in [0.25, 0.3) is 5.69 Å². The number of piperazine rings is 1. The molecule has 2 heterocycles. The lowest BCUT2D eigenvalue weighted by molar-refractivity contribution is 0.0634. The Balaban J connectivity index is 0.00000225. The van der Waals surface area contributed by atoms with Gasteiger partial charge in [-0.2, -0.15) is 0 Å². The van der Waals surface area contributed by atoms with Crippen molar-refractivity contribution in [3.05, 3.63) is 77.9 Å². The molecule has 0 radical (unpaired) electrons. The minimum absolute atomic E-state index is 0. The van der Waals surface area contributed by atoms with E-state index in [0.29, 0.717) is 12.1 Å². The van der Waals surface area contributed by atoms with Crippen LogP contribution < -0.4 is 5.32 Å². The molecule has 1 saturated heterocycles. The summed E-state index contributed by atoms with van der Waals surface area (Å²) in [6.07, 6.45) is 4.30. The summed E-state index contributed by atoms with van der Waals surface area (Å²) >= 11 is 0. The molecule has 28 heavy (non-hydrogen) atoms. The third-order valence-electron chi connectivity index (χ3n) is 5.11. The van der Waals surface area contributed by atoms with Crippen LogP contribution in [-0.2, 0) is 6.42 Å². The molecule has 146 valence electrons. The van der Waals surface area contributed by atoms with Crippen molar-refractivity contribution in [2.24, 2.45) is 0 Å². The van der Waals surface area contributed by atoms with Crippen molar-refractivity contribution in [3.8, 4) is 5.69 Å². The predicted octanol–water partition coefficient (Wildman–Crippen LogP) is 3.04. The number of aryl methyl sites for hydroxylation is 1. The number of carbonyl (C=O) groups is 1. The van der Waals surface area contributed by atoms with Gasteiger partial charge in [-0.15, -0.1) is 22.6 Å². The molecule has 0 saturated carbocycles. The average molecular weight is 398 g/mol. The van der Waals surface area contributed by atoms with E-state index in [1.807, 2.05) is 33.7 Å². The van der Waals surface area contributed by atoms with Crippen molar-refractivity contribution in [2.75, 3.05) is 19.6 Å². The fourth-order valence-corrected chi connectivity index (χ4v) is 3.50. The number of nitrogens with one attached hydrogen (secondary N) is 1. The lowest BCUT2D eigenvalue weighted by atomic mass is 10.00. The Kier molecular flexibility index (Phi) is 6.44. The number of halogens is 1. The second-order valence-electron chi connectivity index (χ2n) is 6.73. The molecule has 1 aliphatic rings. The second-order valence-corrected chi connectivity index (χ2v) is 6.73. The zero-order valence-electron chi connectivity index (χ0n) is 15.8. The van der Waals surface area contributed by atoms with Gasteiger partial charge < -0.3 is 10.2 Å². The van der Waals surface area contributed by atoms with E-state index in [9.17, 15) is 4.79 Å². The topological polar surface area (TPSA) is 63.1 Å². The molecule has 0 bridgehead atoms. The van der Waals surface area contributed by atoms with E-state index >= 15 is 0 Å².